The van der Waals surface area contributed by atoms with Crippen LogP contribution in [-0.2, 0) is 9.53 Å². The number of carbonyl (C=O) groups excluding carboxylic acids is 1. The molecule has 2 aromatic heterocycles. The Hall–Kier alpha value is -5.14. The summed E-state index contributed by atoms with van der Waals surface area (Å²) in [5.41, 5.74) is -4.25. The van der Waals surface area contributed by atoms with Gasteiger partial charge < -0.3 is 25.2 Å². The van der Waals surface area contributed by atoms with Gasteiger partial charge in [0.15, 0.2) is 11.4 Å². The molecule has 2 aromatic carbocycles. The molecule has 0 radical (unpaired) electrons. The first-order valence-corrected chi connectivity index (χ1v) is 18.4. The van der Waals surface area contributed by atoms with Crippen LogP contribution in [-0.4, -0.2) is 94.2 Å². The van der Waals surface area contributed by atoms with E-state index in [1.165, 1.54) is 24.4 Å². The summed E-state index contributed by atoms with van der Waals surface area (Å²) in [6.45, 7) is 2.92. The van der Waals surface area contributed by atoms with Crippen LogP contribution in [0.25, 0.3) is 32.9 Å². The van der Waals surface area contributed by atoms with Gasteiger partial charge in [-0.25, -0.2) is 13.2 Å². The van der Waals surface area contributed by atoms with E-state index in [0.29, 0.717) is 5.39 Å². The van der Waals surface area contributed by atoms with Gasteiger partial charge in [-0.15, -0.1) is 6.42 Å². The van der Waals surface area contributed by atoms with Crippen LogP contribution in [0.1, 0.15) is 50.5 Å². The number of carbonyl (C=O) groups is 1. The molecule has 1 aliphatic carbocycles. The first-order valence-electron chi connectivity index (χ1n) is 18.4. The summed E-state index contributed by atoms with van der Waals surface area (Å²) >= 11 is 0. The number of hydrogen-bond donors (Lipinski definition) is 3. The van der Waals surface area contributed by atoms with Gasteiger partial charge in [-0.2, -0.15) is 23.1 Å². The molecule has 56 heavy (non-hydrogen) atoms. The van der Waals surface area contributed by atoms with Gasteiger partial charge in [-0.05, 0) is 55.3 Å². The van der Waals surface area contributed by atoms with Crippen molar-refractivity contribution in [2.24, 2.45) is 5.41 Å². The predicted molar refractivity (Wildman–Crippen MR) is 197 cm³/mol. The standard InChI is InChI=1S/C40H40F6N6O4/c1-3-27-30(42)8-7-23-15-26(53)16-28(32(23)27)34-33(43)35-29(18-47-34)36(49-21-38(11-5-6-12-38)20-48-31(54)4-2)51-37(50-35)56-22-39(40(44,45)46)17-24(41)19-52(39)25-9-13-55-14-10-25/h1,4,7-8,15-16,18,24-25,53H,2,5-6,9-14,17,19-22H2,(H,48,54)(H,49,50,51)/t24-,39+/m1/s1. The summed E-state index contributed by atoms with van der Waals surface area (Å²) in [7, 11) is 0. The number of amides is 1. The van der Waals surface area contributed by atoms with E-state index < -0.39 is 72.1 Å². The van der Waals surface area contributed by atoms with Crippen LogP contribution in [0.2, 0.25) is 0 Å². The number of aromatic hydroxyl groups is 1. The molecule has 0 bridgehead atoms. The molecule has 296 valence electrons. The molecule has 2 aliphatic heterocycles. The van der Waals surface area contributed by atoms with Crippen LogP contribution >= 0.6 is 0 Å². The fourth-order valence-corrected chi connectivity index (χ4v) is 8.45. The molecule has 7 rings (SSSR count). The van der Waals surface area contributed by atoms with Crippen molar-refractivity contribution in [2.75, 3.05) is 44.8 Å². The van der Waals surface area contributed by atoms with E-state index in [4.69, 9.17) is 15.9 Å². The molecule has 16 heteroatoms. The number of fused-ring (bicyclic) bond motifs is 2. The van der Waals surface area contributed by atoms with Crippen molar-refractivity contribution in [1.82, 2.24) is 25.2 Å². The third kappa shape index (κ3) is 7.30. The SMILES string of the molecule is C#Cc1c(F)ccc2cc(O)cc(-c3ncc4c(NCC5(CNC(=O)C=C)CCCC5)nc(OC[C@]5(C(F)(F)F)C[C@@H](F)CN5C5CCOCC5)nc4c3F)c12. The van der Waals surface area contributed by atoms with Crippen LogP contribution in [0.4, 0.5) is 32.2 Å². The first kappa shape index (κ1) is 39.1. The molecule has 4 heterocycles. The average Bonchev–Trinajstić information content (AvgIpc) is 3.80. The van der Waals surface area contributed by atoms with Gasteiger partial charge in [0, 0.05) is 67.9 Å². The zero-order valence-corrected chi connectivity index (χ0v) is 30.3. The molecule has 2 atom stereocenters. The maximum Gasteiger partial charge on any atom is 0.410 e. The lowest BCUT2D eigenvalue weighted by atomic mass is 9.86. The van der Waals surface area contributed by atoms with Crippen molar-refractivity contribution < 1.29 is 45.7 Å². The van der Waals surface area contributed by atoms with Gasteiger partial charge in [0.25, 0.3) is 0 Å². The number of halogens is 6. The second-order valence-electron chi connectivity index (χ2n) is 14.8. The molecule has 10 nitrogen and oxygen atoms in total. The Balaban J connectivity index is 1.33. The number of ether oxygens (including phenoxy) is 2. The number of benzene rings is 2. The number of aromatic nitrogens is 3. The quantitative estimate of drug-likeness (QED) is 0.0841. The fourth-order valence-electron chi connectivity index (χ4n) is 8.45. The van der Waals surface area contributed by atoms with Gasteiger partial charge in [0.2, 0.25) is 5.91 Å². The maximum absolute atomic E-state index is 17.0. The van der Waals surface area contributed by atoms with E-state index in [2.05, 4.69) is 38.1 Å². The number of terminal acetylenes is 1. The largest absolute Gasteiger partial charge is 0.508 e. The molecule has 1 amide bonds. The maximum atomic E-state index is 17.0. The minimum atomic E-state index is -4.93. The van der Waals surface area contributed by atoms with Gasteiger partial charge in [0.05, 0.1) is 10.9 Å². The summed E-state index contributed by atoms with van der Waals surface area (Å²) in [6.07, 6.45) is 4.20. The Morgan fingerprint density at radius 1 is 1.16 bits per heavy atom. The van der Waals surface area contributed by atoms with E-state index >= 15 is 22.0 Å². The summed E-state index contributed by atoms with van der Waals surface area (Å²) in [4.78, 5) is 26.2. The predicted octanol–water partition coefficient (Wildman–Crippen LogP) is 6.99. The molecule has 3 fully saturated rings. The smallest absolute Gasteiger partial charge is 0.410 e. The topological polar surface area (TPSA) is 122 Å². The molecule has 3 N–H and O–H groups in total. The van der Waals surface area contributed by atoms with Crippen LogP contribution in [0.15, 0.2) is 43.1 Å². The van der Waals surface area contributed by atoms with Crippen LogP contribution in [0.5, 0.6) is 11.8 Å². The van der Waals surface area contributed by atoms with Gasteiger partial charge >= 0.3 is 12.2 Å². The number of nitrogens with one attached hydrogen (secondary N) is 2. The zero-order valence-electron chi connectivity index (χ0n) is 30.3. The number of phenolic OH excluding ortho intramolecular Hbond substituents is 1. The monoisotopic (exact) mass is 782 g/mol. The lowest BCUT2D eigenvalue weighted by Crippen LogP contribution is -2.62. The highest BCUT2D eigenvalue weighted by Gasteiger charge is 2.65. The minimum absolute atomic E-state index is 0.0162. The summed E-state index contributed by atoms with van der Waals surface area (Å²) < 4.78 is 103. The van der Waals surface area contributed by atoms with Crippen LogP contribution in [0.3, 0.4) is 0 Å². The van der Waals surface area contributed by atoms with E-state index in [9.17, 15) is 14.3 Å². The zero-order chi connectivity index (χ0) is 39.8. The lowest BCUT2D eigenvalue weighted by Gasteiger charge is -2.44. The summed E-state index contributed by atoms with van der Waals surface area (Å²) in [5, 5.41) is 17.0. The Morgan fingerprint density at radius 2 is 1.91 bits per heavy atom. The van der Waals surface area contributed by atoms with Crippen molar-refractivity contribution in [3.8, 4) is 35.4 Å². The molecule has 2 saturated heterocycles. The first-order chi connectivity index (χ1) is 26.8. The molecule has 4 aromatic rings. The van der Waals surface area contributed by atoms with Crippen molar-refractivity contribution in [3.05, 3.63) is 60.3 Å². The van der Waals surface area contributed by atoms with Crippen molar-refractivity contribution in [1.29, 1.82) is 0 Å². The molecule has 0 unspecified atom stereocenters. The molecule has 3 aliphatic rings. The molecule has 1 saturated carbocycles. The number of nitrogens with zero attached hydrogens (tertiary/aromatic N) is 4. The Kier molecular flexibility index (Phi) is 10.8. The highest BCUT2D eigenvalue weighted by atomic mass is 19.4. The highest BCUT2D eigenvalue weighted by molar-refractivity contribution is 6.03. The molecular formula is C40H40F6N6O4. The number of likely N-dealkylation sites (tertiary alicyclic amines) is 1. The third-order valence-corrected chi connectivity index (χ3v) is 11.3. The number of rotatable bonds is 11. The highest BCUT2D eigenvalue weighted by Crippen LogP contribution is 2.47. The normalized spacial score (nSPS) is 21.6. The van der Waals surface area contributed by atoms with E-state index in [1.807, 2.05) is 0 Å². The molecule has 0 spiro atoms. The van der Waals surface area contributed by atoms with Crippen molar-refractivity contribution in [2.45, 2.75) is 68.9 Å². The Bertz CT molecular complexity index is 2200. The second kappa shape index (κ2) is 15.4. The van der Waals surface area contributed by atoms with Crippen molar-refractivity contribution >= 4 is 33.4 Å². The summed E-state index contributed by atoms with van der Waals surface area (Å²) in [5.74, 6) is -0.238. The number of pyridine rings is 1. The Morgan fingerprint density at radius 3 is 2.61 bits per heavy atom. The number of alkyl halides is 4. The average molecular weight is 783 g/mol. The van der Waals surface area contributed by atoms with Crippen LogP contribution < -0.4 is 15.4 Å². The minimum Gasteiger partial charge on any atom is -0.508 e. The number of hydrogen-bond acceptors (Lipinski definition) is 9. The van der Waals surface area contributed by atoms with Gasteiger partial charge in [-0.1, -0.05) is 31.4 Å². The number of phenols is 1. The third-order valence-electron chi connectivity index (χ3n) is 11.3. The fraction of sp³-hybridized carbons (Fsp3) is 0.450. The van der Waals surface area contributed by atoms with Gasteiger partial charge in [0.1, 0.15) is 41.4 Å². The lowest BCUT2D eigenvalue weighted by molar-refractivity contribution is -0.241. The second-order valence-corrected chi connectivity index (χ2v) is 14.8. The number of anilines is 1. The van der Waals surface area contributed by atoms with E-state index in [1.54, 1.807) is 0 Å². The van der Waals surface area contributed by atoms with Crippen molar-refractivity contribution in [3.63, 3.8) is 0 Å². The van der Waals surface area contributed by atoms with Crippen LogP contribution in [0, 0.1) is 29.4 Å². The van der Waals surface area contributed by atoms with E-state index in [-0.39, 0.29) is 84.2 Å². The molecular weight excluding hydrogens is 742 g/mol. The Labute approximate surface area is 318 Å². The van der Waals surface area contributed by atoms with Gasteiger partial charge in [-0.3, -0.25) is 14.7 Å². The summed E-state index contributed by atoms with van der Waals surface area (Å²) in [6, 6.07) is 3.75. The van der Waals surface area contributed by atoms with E-state index in [0.717, 1.165) is 42.7 Å².